The molecule has 0 aromatic heterocycles. The van der Waals surface area contributed by atoms with E-state index >= 15 is 0 Å². The Bertz CT molecular complexity index is 1090. The molecule has 1 N–H and O–H groups in total. The molecule has 0 atom stereocenters. The number of hydrogen-bond acceptors (Lipinski definition) is 4. The lowest BCUT2D eigenvalue weighted by molar-refractivity contribution is -0.114. The van der Waals surface area contributed by atoms with E-state index in [1.54, 1.807) is 66.7 Å². The van der Waals surface area contributed by atoms with Gasteiger partial charge in [-0.05, 0) is 48.5 Å². The van der Waals surface area contributed by atoms with Crippen LogP contribution >= 0.6 is 11.6 Å². The second-order valence-corrected chi connectivity index (χ2v) is 8.38. The van der Waals surface area contributed by atoms with Crippen molar-refractivity contribution in [2.24, 2.45) is 0 Å². The largest absolute Gasteiger partial charge is 0.497 e. The number of nitrogens with one attached hydrogen (secondary N) is 1. The summed E-state index contributed by atoms with van der Waals surface area (Å²) >= 11 is 5.93. The van der Waals surface area contributed by atoms with Gasteiger partial charge < -0.3 is 10.1 Å². The summed E-state index contributed by atoms with van der Waals surface area (Å²) < 4.78 is 32.6. The third-order valence-electron chi connectivity index (χ3n) is 4.09. The molecule has 0 heterocycles. The van der Waals surface area contributed by atoms with Gasteiger partial charge in [0.25, 0.3) is 10.0 Å². The molecular formula is C21H19ClN2O4S. The maximum Gasteiger partial charge on any atom is 0.264 e. The lowest BCUT2D eigenvalue weighted by Crippen LogP contribution is -2.38. The molecule has 0 unspecified atom stereocenters. The van der Waals surface area contributed by atoms with Gasteiger partial charge in [-0.3, -0.25) is 9.10 Å². The van der Waals surface area contributed by atoms with Gasteiger partial charge in [0.1, 0.15) is 12.3 Å². The second kappa shape index (κ2) is 8.98. The minimum Gasteiger partial charge on any atom is -0.497 e. The maximum atomic E-state index is 13.2. The molecule has 3 aromatic rings. The predicted molar refractivity (Wildman–Crippen MR) is 114 cm³/mol. The molecule has 0 spiro atoms. The van der Waals surface area contributed by atoms with E-state index in [0.717, 1.165) is 4.31 Å². The normalized spacial score (nSPS) is 11.0. The van der Waals surface area contributed by atoms with Crippen LogP contribution in [0.1, 0.15) is 0 Å². The third kappa shape index (κ3) is 5.07. The SMILES string of the molecule is COc1cccc(NC(=O)CN(c2ccc(Cl)cc2)S(=O)(=O)c2ccccc2)c1. The molecule has 0 saturated heterocycles. The summed E-state index contributed by atoms with van der Waals surface area (Å²) in [6, 6.07) is 21.0. The predicted octanol–water partition coefficient (Wildman–Crippen LogP) is 4.18. The van der Waals surface area contributed by atoms with Crippen LogP contribution in [0.4, 0.5) is 11.4 Å². The number of benzene rings is 3. The summed E-state index contributed by atoms with van der Waals surface area (Å²) in [6.07, 6.45) is 0. The van der Waals surface area contributed by atoms with Gasteiger partial charge in [0, 0.05) is 16.8 Å². The van der Waals surface area contributed by atoms with Crippen LogP contribution in [0.25, 0.3) is 0 Å². The van der Waals surface area contributed by atoms with Crippen molar-refractivity contribution in [3.63, 3.8) is 0 Å². The van der Waals surface area contributed by atoms with E-state index < -0.39 is 22.5 Å². The average Bonchev–Trinajstić information content (AvgIpc) is 2.73. The fourth-order valence-corrected chi connectivity index (χ4v) is 4.24. The highest BCUT2D eigenvalue weighted by molar-refractivity contribution is 7.92. The summed E-state index contributed by atoms with van der Waals surface area (Å²) in [7, 11) is -2.44. The van der Waals surface area contributed by atoms with Crippen molar-refractivity contribution in [1.82, 2.24) is 0 Å². The van der Waals surface area contributed by atoms with E-state index in [0.29, 0.717) is 22.1 Å². The van der Waals surface area contributed by atoms with Crippen LogP contribution in [0.15, 0.2) is 83.8 Å². The first kappa shape index (κ1) is 20.7. The Labute approximate surface area is 174 Å². The number of amides is 1. The van der Waals surface area contributed by atoms with E-state index in [2.05, 4.69) is 5.32 Å². The minimum absolute atomic E-state index is 0.0872. The number of hydrogen-bond donors (Lipinski definition) is 1. The Morgan fingerprint density at radius 1 is 1.00 bits per heavy atom. The smallest absolute Gasteiger partial charge is 0.264 e. The number of halogens is 1. The number of ether oxygens (including phenoxy) is 1. The van der Waals surface area contributed by atoms with Crippen molar-refractivity contribution in [2.45, 2.75) is 4.90 Å². The number of nitrogens with zero attached hydrogens (tertiary/aromatic N) is 1. The highest BCUT2D eigenvalue weighted by Gasteiger charge is 2.27. The van der Waals surface area contributed by atoms with Crippen LogP contribution in [0.3, 0.4) is 0 Å². The molecule has 29 heavy (non-hydrogen) atoms. The molecule has 3 rings (SSSR count). The van der Waals surface area contributed by atoms with Gasteiger partial charge >= 0.3 is 0 Å². The summed E-state index contributed by atoms with van der Waals surface area (Å²) in [4.78, 5) is 12.7. The standard InChI is InChI=1S/C21H19ClN2O4S/c1-28-19-7-5-6-17(14-19)23-21(25)15-24(18-12-10-16(22)11-13-18)29(26,27)20-8-3-2-4-9-20/h2-14H,15H2,1H3,(H,23,25). The topological polar surface area (TPSA) is 75.7 Å². The molecule has 0 bridgehead atoms. The molecule has 3 aromatic carbocycles. The first-order valence-corrected chi connectivity index (χ1v) is 10.5. The van der Waals surface area contributed by atoms with Crippen LogP contribution in [0.2, 0.25) is 5.02 Å². The molecule has 150 valence electrons. The number of anilines is 2. The lowest BCUT2D eigenvalue weighted by atomic mass is 10.3. The molecule has 0 fully saturated rings. The molecule has 6 nitrogen and oxygen atoms in total. The first-order chi connectivity index (χ1) is 13.9. The lowest BCUT2D eigenvalue weighted by Gasteiger charge is -2.24. The molecule has 0 aliphatic heterocycles. The number of methoxy groups -OCH3 is 1. The monoisotopic (exact) mass is 430 g/mol. The van der Waals surface area contributed by atoms with Crippen molar-refractivity contribution in [3.05, 3.63) is 83.9 Å². The Kier molecular flexibility index (Phi) is 6.41. The van der Waals surface area contributed by atoms with Crippen molar-refractivity contribution in [1.29, 1.82) is 0 Å². The zero-order valence-corrected chi connectivity index (χ0v) is 17.2. The molecule has 8 heteroatoms. The summed E-state index contributed by atoms with van der Waals surface area (Å²) in [5.41, 5.74) is 0.835. The Morgan fingerprint density at radius 3 is 2.34 bits per heavy atom. The van der Waals surface area contributed by atoms with Gasteiger partial charge in [0.15, 0.2) is 0 Å². The quantitative estimate of drug-likeness (QED) is 0.610. The first-order valence-electron chi connectivity index (χ1n) is 8.67. The molecule has 0 radical (unpaired) electrons. The van der Waals surface area contributed by atoms with Crippen LogP contribution in [-0.4, -0.2) is 28.0 Å². The molecule has 0 saturated carbocycles. The van der Waals surface area contributed by atoms with Crippen LogP contribution in [0.5, 0.6) is 5.75 Å². The fourth-order valence-electron chi connectivity index (χ4n) is 2.67. The van der Waals surface area contributed by atoms with Gasteiger partial charge in [0.2, 0.25) is 5.91 Å². The van der Waals surface area contributed by atoms with Crippen molar-refractivity contribution >= 4 is 38.9 Å². The van der Waals surface area contributed by atoms with E-state index in [-0.39, 0.29) is 4.90 Å². The molecule has 1 amide bonds. The van der Waals surface area contributed by atoms with E-state index in [1.165, 1.54) is 19.2 Å². The number of sulfonamides is 1. The number of carbonyl (C=O) groups is 1. The summed E-state index contributed by atoms with van der Waals surface area (Å²) in [5.74, 6) is 0.0852. The van der Waals surface area contributed by atoms with Crippen LogP contribution in [-0.2, 0) is 14.8 Å². The van der Waals surface area contributed by atoms with E-state index in [1.807, 2.05) is 0 Å². The maximum absolute atomic E-state index is 13.2. The fraction of sp³-hybridized carbons (Fsp3) is 0.0952. The van der Waals surface area contributed by atoms with Gasteiger partial charge in [-0.1, -0.05) is 35.9 Å². The van der Waals surface area contributed by atoms with E-state index in [4.69, 9.17) is 16.3 Å². The highest BCUT2D eigenvalue weighted by atomic mass is 35.5. The summed E-state index contributed by atoms with van der Waals surface area (Å²) in [6.45, 7) is -0.407. The molecular weight excluding hydrogens is 412 g/mol. The summed E-state index contributed by atoms with van der Waals surface area (Å²) in [5, 5.41) is 3.17. The Balaban J connectivity index is 1.91. The Morgan fingerprint density at radius 2 is 1.69 bits per heavy atom. The van der Waals surface area contributed by atoms with Gasteiger partial charge in [-0.25, -0.2) is 8.42 Å². The average molecular weight is 431 g/mol. The highest BCUT2D eigenvalue weighted by Crippen LogP contribution is 2.25. The van der Waals surface area contributed by atoms with Crippen molar-refractivity contribution in [2.75, 3.05) is 23.3 Å². The number of carbonyl (C=O) groups excluding carboxylic acids is 1. The van der Waals surface area contributed by atoms with Crippen molar-refractivity contribution < 1.29 is 17.9 Å². The molecule has 0 aliphatic carbocycles. The van der Waals surface area contributed by atoms with Gasteiger partial charge in [0.05, 0.1) is 17.7 Å². The molecule has 0 aliphatic rings. The van der Waals surface area contributed by atoms with Gasteiger partial charge in [-0.15, -0.1) is 0 Å². The zero-order chi connectivity index (χ0) is 20.9. The van der Waals surface area contributed by atoms with Gasteiger partial charge in [-0.2, -0.15) is 0 Å². The van der Waals surface area contributed by atoms with Crippen molar-refractivity contribution in [3.8, 4) is 5.75 Å². The second-order valence-electron chi connectivity index (χ2n) is 6.08. The Hall–Kier alpha value is -3.03. The van der Waals surface area contributed by atoms with E-state index in [9.17, 15) is 13.2 Å². The number of rotatable bonds is 7. The minimum atomic E-state index is -3.96. The van der Waals surface area contributed by atoms with Crippen LogP contribution < -0.4 is 14.4 Å². The zero-order valence-electron chi connectivity index (χ0n) is 15.6. The van der Waals surface area contributed by atoms with Crippen LogP contribution in [0, 0.1) is 0 Å². The third-order valence-corrected chi connectivity index (χ3v) is 6.13.